The Balaban J connectivity index is 2.06. The van der Waals surface area contributed by atoms with Crippen LogP contribution in [0.25, 0.3) is 11.1 Å². The molecule has 0 spiro atoms. The SMILES string of the molecule is C/C(=C(\C(=O)N1CCOCC1)c1ccccc1)c1ccc(S(C)(=O)=O)cc1. The number of hydrogen-bond acceptors (Lipinski definition) is 4. The summed E-state index contributed by atoms with van der Waals surface area (Å²) in [6.45, 7) is 4.10. The van der Waals surface area contributed by atoms with E-state index in [1.54, 1.807) is 29.2 Å². The molecule has 142 valence electrons. The Morgan fingerprint density at radius 3 is 2.07 bits per heavy atom. The lowest BCUT2D eigenvalue weighted by Crippen LogP contribution is -2.41. The maximum Gasteiger partial charge on any atom is 0.254 e. The second kappa shape index (κ2) is 8.06. The number of nitrogens with zero attached hydrogens (tertiary/aromatic N) is 1. The minimum absolute atomic E-state index is 0.0332. The number of rotatable bonds is 4. The predicted molar refractivity (Wildman–Crippen MR) is 106 cm³/mol. The van der Waals surface area contributed by atoms with Gasteiger partial charge in [-0.2, -0.15) is 0 Å². The molecule has 0 saturated carbocycles. The Morgan fingerprint density at radius 2 is 1.52 bits per heavy atom. The summed E-state index contributed by atoms with van der Waals surface area (Å²) in [5.74, 6) is -0.0332. The Bertz CT molecular complexity index is 941. The summed E-state index contributed by atoms with van der Waals surface area (Å²) in [7, 11) is -3.26. The first kappa shape index (κ1) is 19.3. The summed E-state index contributed by atoms with van der Waals surface area (Å²) in [5, 5.41) is 0. The van der Waals surface area contributed by atoms with Crippen molar-refractivity contribution >= 4 is 26.9 Å². The van der Waals surface area contributed by atoms with Gasteiger partial charge in [0.1, 0.15) is 0 Å². The van der Waals surface area contributed by atoms with Crippen LogP contribution in [0.2, 0.25) is 0 Å². The van der Waals surface area contributed by atoms with Crippen LogP contribution in [0, 0.1) is 0 Å². The summed E-state index contributed by atoms with van der Waals surface area (Å²) in [4.78, 5) is 15.3. The van der Waals surface area contributed by atoms with Crippen LogP contribution in [-0.2, 0) is 19.4 Å². The van der Waals surface area contributed by atoms with Crippen LogP contribution in [0.4, 0.5) is 0 Å². The maximum absolute atomic E-state index is 13.3. The van der Waals surface area contributed by atoms with Gasteiger partial charge in [0.25, 0.3) is 5.91 Å². The van der Waals surface area contributed by atoms with Gasteiger partial charge in [0.15, 0.2) is 9.84 Å². The van der Waals surface area contributed by atoms with Gasteiger partial charge in [-0.1, -0.05) is 42.5 Å². The van der Waals surface area contributed by atoms with Crippen molar-refractivity contribution in [1.29, 1.82) is 0 Å². The summed E-state index contributed by atoms with van der Waals surface area (Å²) in [6.07, 6.45) is 1.18. The molecule has 0 N–H and O–H groups in total. The van der Waals surface area contributed by atoms with Crippen LogP contribution in [0.5, 0.6) is 0 Å². The topological polar surface area (TPSA) is 63.7 Å². The number of ether oxygens (including phenoxy) is 1. The van der Waals surface area contributed by atoms with Gasteiger partial charge >= 0.3 is 0 Å². The number of carbonyl (C=O) groups excluding carboxylic acids is 1. The lowest BCUT2D eigenvalue weighted by molar-refractivity contribution is -0.128. The predicted octanol–water partition coefficient (Wildman–Crippen LogP) is 2.88. The van der Waals surface area contributed by atoms with E-state index in [1.165, 1.54) is 6.26 Å². The molecule has 2 aromatic rings. The van der Waals surface area contributed by atoms with E-state index >= 15 is 0 Å². The van der Waals surface area contributed by atoms with E-state index in [2.05, 4.69) is 0 Å². The maximum atomic E-state index is 13.3. The second-order valence-electron chi connectivity index (χ2n) is 6.57. The van der Waals surface area contributed by atoms with Crippen molar-refractivity contribution in [2.45, 2.75) is 11.8 Å². The fraction of sp³-hybridized carbons (Fsp3) is 0.286. The van der Waals surface area contributed by atoms with Crippen molar-refractivity contribution in [3.63, 3.8) is 0 Å². The first-order valence-corrected chi connectivity index (χ1v) is 10.7. The highest BCUT2D eigenvalue weighted by atomic mass is 32.2. The minimum Gasteiger partial charge on any atom is -0.378 e. The van der Waals surface area contributed by atoms with Crippen LogP contribution < -0.4 is 0 Å². The molecular weight excluding hydrogens is 362 g/mol. The van der Waals surface area contributed by atoms with E-state index in [0.29, 0.717) is 31.9 Å². The average molecular weight is 385 g/mol. The van der Waals surface area contributed by atoms with Crippen molar-refractivity contribution in [1.82, 2.24) is 4.90 Å². The molecule has 0 unspecified atom stereocenters. The fourth-order valence-electron chi connectivity index (χ4n) is 3.13. The third-order valence-electron chi connectivity index (χ3n) is 4.67. The molecule has 1 amide bonds. The van der Waals surface area contributed by atoms with Crippen molar-refractivity contribution in [2.75, 3.05) is 32.6 Å². The number of amides is 1. The van der Waals surface area contributed by atoms with E-state index in [-0.39, 0.29) is 10.8 Å². The van der Waals surface area contributed by atoms with Crippen LogP contribution in [0.15, 0.2) is 59.5 Å². The van der Waals surface area contributed by atoms with Crippen molar-refractivity contribution in [3.05, 3.63) is 65.7 Å². The highest BCUT2D eigenvalue weighted by Crippen LogP contribution is 2.29. The van der Waals surface area contributed by atoms with E-state index in [0.717, 1.165) is 16.7 Å². The number of morpholine rings is 1. The average Bonchev–Trinajstić information content (AvgIpc) is 2.69. The monoisotopic (exact) mass is 385 g/mol. The number of sulfone groups is 1. The highest BCUT2D eigenvalue weighted by molar-refractivity contribution is 7.90. The van der Waals surface area contributed by atoms with Gasteiger partial charge in [0.2, 0.25) is 0 Å². The van der Waals surface area contributed by atoms with Crippen LogP contribution in [0.3, 0.4) is 0 Å². The quantitative estimate of drug-likeness (QED) is 0.600. The zero-order chi connectivity index (χ0) is 19.4. The molecule has 2 aromatic carbocycles. The molecule has 5 nitrogen and oxygen atoms in total. The minimum atomic E-state index is -3.26. The standard InChI is InChI=1S/C21H23NO4S/c1-16(17-8-10-19(11-9-17)27(2,24)25)20(18-6-4-3-5-7-18)21(23)22-12-14-26-15-13-22/h3-11H,12-15H2,1-2H3/b20-16+. The third-order valence-corrected chi connectivity index (χ3v) is 5.79. The smallest absolute Gasteiger partial charge is 0.254 e. The van der Waals surface area contributed by atoms with Gasteiger partial charge in [-0.3, -0.25) is 4.79 Å². The lowest BCUT2D eigenvalue weighted by Gasteiger charge is -2.28. The normalized spacial score (nSPS) is 16.0. The van der Waals surface area contributed by atoms with Crippen molar-refractivity contribution in [3.8, 4) is 0 Å². The fourth-order valence-corrected chi connectivity index (χ4v) is 3.76. The van der Waals surface area contributed by atoms with E-state index in [9.17, 15) is 13.2 Å². The molecule has 1 aliphatic rings. The molecule has 1 aliphatic heterocycles. The Hall–Kier alpha value is -2.44. The van der Waals surface area contributed by atoms with Gasteiger partial charge < -0.3 is 9.64 Å². The number of benzene rings is 2. The molecule has 0 radical (unpaired) electrons. The zero-order valence-electron chi connectivity index (χ0n) is 15.5. The first-order chi connectivity index (χ1) is 12.9. The molecule has 1 heterocycles. The van der Waals surface area contributed by atoms with Gasteiger partial charge in [-0.05, 0) is 35.8 Å². The van der Waals surface area contributed by atoms with Gasteiger partial charge in [0.05, 0.1) is 23.7 Å². The zero-order valence-corrected chi connectivity index (χ0v) is 16.3. The Morgan fingerprint density at radius 1 is 0.926 bits per heavy atom. The van der Waals surface area contributed by atoms with Crippen molar-refractivity contribution in [2.24, 2.45) is 0 Å². The molecule has 1 fully saturated rings. The van der Waals surface area contributed by atoms with Crippen LogP contribution in [0.1, 0.15) is 18.1 Å². The lowest BCUT2D eigenvalue weighted by atomic mass is 9.94. The molecule has 0 bridgehead atoms. The number of hydrogen-bond donors (Lipinski definition) is 0. The molecule has 3 rings (SSSR count). The third kappa shape index (κ3) is 4.46. The van der Waals surface area contributed by atoms with E-state index in [1.807, 2.05) is 37.3 Å². The van der Waals surface area contributed by atoms with E-state index in [4.69, 9.17) is 4.74 Å². The van der Waals surface area contributed by atoms with Crippen molar-refractivity contribution < 1.29 is 17.9 Å². The summed E-state index contributed by atoms with van der Waals surface area (Å²) < 4.78 is 28.8. The molecule has 0 aliphatic carbocycles. The summed E-state index contributed by atoms with van der Waals surface area (Å²) in [5.41, 5.74) is 3.11. The number of allylic oxidation sites excluding steroid dienone is 1. The first-order valence-electron chi connectivity index (χ1n) is 8.82. The second-order valence-corrected chi connectivity index (χ2v) is 8.58. The molecule has 1 saturated heterocycles. The van der Waals surface area contributed by atoms with Gasteiger partial charge in [-0.15, -0.1) is 0 Å². The molecule has 27 heavy (non-hydrogen) atoms. The Kier molecular flexibility index (Phi) is 5.77. The largest absolute Gasteiger partial charge is 0.378 e. The number of carbonyl (C=O) groups is 1. The molecule has 0 aromatic heterocycles. The molecular formula is C21H23NO4S. The highest BCUT2D eigenvalue weighted by Gasteiger charge is 2.24. The summed E-state index contributed by atoms with van der Waals surface area (Å²) in [6, 6.07) is 16.2. The molecule has 0 atom stereocenters. The summed E-state index contributed by atoms with van der Waals surface area (Å²) >= 11 is 0. The van der Waals surface area contributed by atoms with Gasteiger partial charge in [0, 0.05) is 19.3 Å². The van der Waals surface area contributed by atoms with Crippen LogP contribution >= 0.6 is 0 Å². The molecule has 6 heteroatoms. The van der Waals surface area contributed by atoms with Gasteiger partial charge in [-0.25, -0.2) is 8.42 Å². The van der Waals surface area contributed by atoms with Crippen LogP contribution in [-0.4, -0.2) is 51.8 Å². The Labute approximate surface area is 160 Å². The van der Waals surface area contributed by atoms with E-state index < -0.39 is 9.84 Å².